The number of ketones is 1. The van der Waals surface area contributed by atoms with Crippen molar-refractivity contribution in [2.75, 3.05) is 7.11 Å². The fourth-order valence-corrected chi connectivity index (χ4v) is 4.09. The summed E-state index contributed by atoms with van der Waals surface area (Å²) in [5, 5.41) is 4.43. The zero-order valence-electron chi connectivity index (χ0n) is 21.2. The Bertz CT molecular complexity index is 1360. The number of methoxy groups -OCH3 is 1. The fraction of sp³-hybridized carbons (Fsp3) is 0.276. The Balaban J connectivity index is 1.25. The summed E-state index contributed by atoms with van der Waals surface area (Å²) in [7, 11) is 1.63. The topological polar surface area (TPSA) is 66.2 Å². The van der Waals surface area contributed by atoms with Crippen LogP contribution in [0, 0.1) is 6.92 Å². The number of hydrogen-bond acceptors (Lipinski definition) is 5. The maximum absolute atomic E-state index is 12.4. The fourth-order valence-electron chi connectivity index (χ4n) is 4.09. The molecule has 0 unspecified atom stereocenters. The lowest BCUT2D eigenvalue weighted by atomic mass is 9.99. The maximum atomic E-state index is 12.4. The van der Waals surface area contributed by atoms with Gasteiger partial charge in [0.05, 0.1) is 12.8 Å². The number of rotatable bonds is 11. The molecule has 0 N–H and O–H groups in total. The minimum Gasteiger partial charge on any atom is -0.497 e. The minimum absolute atomic E-state index is 0.234. The standard InChI is InChI=1S/C29H28F3N3O3/c1-20-17-27(37-2)14-11-23(20)18-25(36)6-4-3-5-21-7-9-22(10-8-21)28-33-19-35(34-28)24-12-15-26(16-13-24)38-29(30,31)32/h7-17,19H,3-6,18H2,1-2H3. The summed E-state index contributed by atoms with van der Waals surface area (Å²) in [6.45, 7) is 1.99. The van der Waals surface area contributed by atoms with Gasteiger partial charge in [0.1, 0.15) is 23.6 Å². The summed E-state index contributed by atoms with van der Waals surface area (Å²) in [6.07, 6.45) is 0.366. The first kappa shape index (κ1) is 26.9. The van der Waals surface area contributed by atoms with E-state index in [9.17, 15) is 18.0 Å². The van der Waals surface area contributed by atoms with Crippen molar-refractivity contribution >= 4 is 5.78 Å². The number of aryl methyl sites for hydroxylation is 2. The largest absolute Gasteiger partial charge is 0.573 e. The predicted molar refractivity (Wildman–Crippen MR) is 137 cm³/mol. The molecule has 0 aliphatic rings. The Labute approximate surface area is 219 Å². The van der Waals surface area contributed by atoms with Gasteiger partial charge in [-0.15, -0.1) is 18.3 Å². The Kier molecular flexibility index (Phi) is 8.45. The molecule has 0 spiro atoms. The number of nitrogens with zero attached hydrogens (tertiary/aromatic N) is 3. The molecule has 0 atom stereocenters. The third-order valence-electron chi connectivity index (χ3n) is 6.15. The molecule has 6 nitrogen and oxygen atoms in total. The van der Waals surface area contributed by atoms with Crippen molar-refractivity contribution in [2.24, 2.45) is 0 Å². The van der Waals surface area contributed by atoms with E-state index >= 15 is 0 Å². The minimum atomic E-state index is -4.73. The monoisotopic (exact) mass is 523 g/mol. The highest BCUT2D eigenvalue weighted by atomic mass is 19.4. The highest BCUT2D eigenvalue weighted by Gasteiger charge is 2.31. The van der Waals surface area contributed by atoms with Crippen molar-refractivity contribution in [3.8, 4) is 28.6 Å². The van der Waals surface area contributed by atoms with Gasteiger partial charge in [0.25, 0.3) is 0 Å². The molecule has 1 heterocycles. The highest BCUT2D eigenvalue weighted by molar-refractivity contribution is 5.81. The van der Waals surface area contributed by atoms with Crippen molar-refractivity contribution in [3.63, 3.8) is 0 Å². The van der Waals surface area contributed by atoms with Crippen LogP contribution in [-0.2, 0) is 17.6 Å². The molecule has 198 valence electrons. The van der Waals surface area contributed by atoms with Crippen LogP contribution in [-0.4, -0.2) is 34.0 Å². The summed E-state index contributed by atoms with van der Waals surface area (Å²) in [5.74, 6) is 1.24. The van der Waals surface area contributed by atoms with Gasteiger partial charge in [-0.2, -0.15) is 0 Å². The number of unbranched alkanes of at least 4 members (excludes halogenated alkanes) is 1. The van der Waals surface area contributed by atoms with Gasteiger partial charge in [-0.3, -0.25) is 4.79 Å². The number of aromatic nitrogens is 3. The first-order valence-corrected chi connectivity index (χ1v) is 12.2. The molecule has 0 saturated heterocycles. The molecule has 9 heteroatoms. The van der Waals surface area contributed by atoms with E-state index in [0.717, 1.165) is 47.3 Å². The number of Topliss-reactive ketones (excluding diaryl/α,β-unsaturated/α-hetero) is 1. The van der Waals surface area contributed by atoms with Gasteiger partial charge in [-0.05, 0) is 79.3 Å². The van der Waals surface area contributed by atoms with E-state index in [4.69, 9.17) is 4.74 Å². The van der Waals surface area contributed by atoms with Crippen LogP contribution >= 0.6 is 0 Å². The van der Waals surface area contributed by atoms with Crippen LogP contribution in [0.15, 0.2) is 73.1 Å². The molecule has 4 rings (SSSR count). The highest BCUT2D eigenvalue weighted by Crippen LogP contribution is 2.24. The summed E-state index contributed by atoms with van der Waals surface area (Å²) in [5.41, 5.74) is 4.65. The van der Waals surface area contributed by atoms with Crippen molar-refractivity contribution in [1.29, 1.82) is 0 Å². The summed E-state index contributed by atoms with van der Waals surface area (Å²) >= 11 is 0. The Morgan fingerprint density at radius 2 is 1.66 bits per heavy atom. The summed E-state index contributed by atoms with van der Waals surface area (Å²) in [4.78, 5) is 16.7. The van der Waals surface area contributed by atoms with Crippen LogP contribution < -0.4 is 9.47 Å². The molecular weight excluding hydrogens is 495 g/mol. The molecule has 1 aromatic heterocycles. The molecule has 0 amide bonds. The van der Waals surface area contributed by atoms with E-state index in [-0.39, 0.29) is 11.5 Å². The molecule has 4 aromatic rings. The Hall–Kier alpha value is -4.14. The van der Waals surface area contributed by atoms with Gasteiger partial charge in [0.2, 0.25) is 0 Å². The molecule has 0 saturated carbocycles. The SMILES string of the molecule is COc1ccc(CC(=O)CCCCc2ccc(-c3ncn(-c4ccc(OC(F)(F)F)cc4)n3)cc2)c(C)c1. The lowest BCUT2D eigenvalue weighted by Crippen LogP contribution is -2.17. The van der Waals surface area contributed by atoms with Crippen LogP contribution in [0.4, 0.5) is 13.2 Å². The average molecular weight is 524 g/mol. The second-order valence-corrected chi connectivity index (χ2v) is 8.97. The van der Waals surface area contributed by atoms with Crippen molar-refractivity contribution < 1.29 is 27.4 Å². The number of halogens is 3. The number of carbonyl (C=O) groups excluding carboxylic acids is 1. The molecular formula is C29H28F3N3O3. The molecule has 0 aliphatic heterocycles. The van der Waals surface area contributed by atoms with Crippen LogP contribution in [0.2, 0.25) is 0 Å². The van der Waals surface area contributed by atoms with Gasteiger partial charge in [0.15, 0.2) is 5.82 Å². The van der Waals surface area contributed by atoms with E-state index < -0.39 is 6.36 Å². The first-order chi connectivity index (χ1) is 18.2. The van der Waals surface area contributed by atoms with Crippen molar-refractivity contribution in [3.05, 3.63) is 89.7 Å². The molecule has 0 aliphatic carbocycles. The van der Waals surface area contributed by atoms with Gasteiger partial charge in [0, 0.05) is 18.4 Å². The van der Waals surface area contributed by atoms with E-state index in [1.54, 1.807) is 7.11 Å². The third kappa shape index (κ3) is 7.44. The van der Waals surface area contributed by atoms with Crippen LogP contribution in [0.25, 0.3) is 17.1 Å². The zero-order valence-corrected chi connectivity index (χ0v) is 21.2. The second-order valence-electron chi connectivity index (χ2n) is 8.97. The van der Waals surface area contributed by atoms with Crippen molar-refractivity contribution in [1.82, 2.24) is 14.8 Å². The lowest BCUT2D eigenvalue weighted by Gasteiger charge is -2.09. The summed E-state index contributed by atoms with van der Waals surface area (Å²) < 4.78 is 47.6. The van der Waals surface area contributed by atoms with Crippen molar-refractivity contribution in [2.45, 2.75) is 45.4 Å². The number of benzene rings is 3. The quantitative estimate of drug-likeness (QED) is 0.205. The first-order valence-electron chi connectivity index (χ1n) is 12.2. The van der Waals surface area contributed by atoms with Crippen LogP contribution in [0.1, 0.15) is 36.0 Å². The number of hydrogen-bond donors (Lipinski definition) is 0. The molecule has 38 heavy (non-hydrogen) atoms. The summed E-state index contributed by atoms with van der Waals surface area (Å²) in [6, 6.07) is 19.1. The van der Waals surface area contributed by atoms with E-state index in [1.165, 1.54) is 35.3 Å². The van der Waals surface area contributed by atoms with E-state index in [1.807, 2.05) is 49.4 Å². The van der Waals surface area contributed by atoms with Crippen LogP contribution in [0.5, 0.6) is 11.5 Å². The third-order valence-corrected chi connectivity index (χ3v) is 6.15. The van der Waals surface area contributed by atoms with Gasteiger partial charge < -0.3 is 9.47 Å². The zero-order chi connectivity index (χ0) is 27.1. The van der Waals surface area contributed by atoms with Gasteiger partial charge in [-0.25, -0.2) is 9.67 Å². The second kappa shape index (κ2) is 11.9. The average Bonchev–Trinajstić information content (AvgIpc) is 3.38. The Morgan fingerprint density at radius 3 is 2.32 bits per heavy atom. The smallest absolute Gasteiger partial charge is 0.497 e. The normalized spacial score (nSPS) is 11.4. The number of ether oxygens (including phenoxy) is 2. The lowest BCUT2D eigenvalue weighted by molar-refractivity contribution is -0.274. The van der Waals surface area contributed by atoms with Gasteiger partial charge in [-0.1, -0.05) is 30.3 Å². The van der Waals surface area contributed by atoms with Gasteiger partial charge >= 0.3 is 6.36 Å². The molecule has 0 fully saturated rings. The molecule has 0 bridgehead atoms. The molecule has 3 aromatic carbocycles. The maximum Gasteiger partial charge on any atom is 0.573 e. The molecule has 0 radical (unpaired) electrons. The number of alkyl halides is 3. The Morgan fingerprint density at radius 1 is 0.947 bits per heavy atom. The van der Waals surface area contributed by atoms with E-state index in [0.29, 0.717) is 24.4 Å². The van der Waals surface area contributed by atoms with Crippen LogP contribution in [0.3, 0.4) is 0 Å². The predicted octanol–water partition coefficient (Wildman–Crippen LogP) is 6.67. The number of carbonyl (C=O) groups is 1. The van der Waals surface area contributed by atoms with E-state index in [2.05, 4.69) is 14.8 Å².